The molecule has 70 valence electrons. The summed E-state index contributed by atoms with van der Waals surface area (Å²) in [7, 11) is 0. The number of rotatable bonds is 0. The molecule has 1 aliphatic carbocycles. The van der Waals surface area contributed by atoms with Gasteiger partial charge in [0, 0.05) is 17.9 Å². The molecule has 13 heavy (non-hydrogen) atoms. The lowest BCUT2D eigenvalue weighted by Crippen LogP contribution is -2.25. The van der Waals surface area contributed by atoms with Crippen LogP contribution in [0.3, 0.4) is 0 Å². The van der Waals surface area contributed by atoms with Gasteiger partial charge in [0.2, 0.25) is 0 Å². The lowest BCUT2D eigenvalue weighted by molar-refractivity contribution is 0.410. The number of nitrogens with two attached hydrogens (primary N) is 1. The minimum atomic E-state index is 0.192. The molecule has 0 radical (unpaired) electrons. The predicted molar refractivity (Wildman–Crippen MR) is 53.4 cm³/mol. The van der Waals surface area contributed by atoms with E-state index < -0.39 is 0 Å². The van der Waals surface area contributed by atoms with Crippen LogP contribution in [-0.4, -0.2) is 4.98 Å². The average Bonchev–Trinajstić information content (AvgIpc) is 2.12. The molecule has 0 saturated heterocycles. The van der Waals surface area contributed by atoms with Crippen LogP contribution >= 0.6 is 0 Å². The summed E-state index contributed by atoms with van der Waals surface area (Å²) in [6, 6.07) is 2.36. The maximum Gasteiger partial charge on any atom is 0.0375 e. The standard InChI is InChI=1S/C11H16N2/c1-7-3-4-9-5-8(2)13-6-10(9)11(7)12/h5-7,11H,3-4,12H2,1-2H3/t7-,11-/m0/s1. The van der Waals surface area contributed by atoms with Crippen molar-refractivity contribution in [1.82, 2.24) is 4.98 Å². The van der Waals surface area contributed by atoms with Crippen molar-refractivity contribution >= 4 is 0 Å². The minimum Gasteiger partial charge on any atom is -0.324 e. The van der Waals surface area contributed by atoms with Crippen molar-refractivity contribution in [1.29, 1.82) is 0 Å². The summed E-state index contributed by atoms with van der Waals surface area (Å²) >= 11 is 0. The largest absolute Gasteiger partial charge is 0.324 e. The van der Waals surface area contributed by atoms with Crippen LogP contribution in [-0.2, 0) is 6.42 Å². The molecule has 1 aromatic heterocycles. The normalized spacial score (nSPS) is 27.0. The van der Waals surface area contributed by atoms with Crippen molar-refractivity contribution in [2.75, 3.05) is 0 Å². The molecule has 2 nitrogen and oxygen atoms in total. The number of hydrogen-bond donors (Lipinski definition) is 1. The number of aromatic nitrogens is 1. The van der Waals surface area contributed by atoms with E-state index in [1.165, 1.54) is 17.5 Å². The molecule has 0 bridgehead atoms. The summed E-state index contributed by atoms with van der Waals surface area (Å²) < 4.78 is 0. The Morgan fingerprint density at radius 2 is 2.31 bits per heavy atom. The lowest BCUT2D eigenvalue weighted by Gasteiger charge is -2.28. The number of hydrogen-bond acceptors (Lipinski definition) is 2. The smallest absolute Gasteiger partial charge is 0.0375 e. The fraction of sp³-hybridized carbons (Fsp3) is 0.545. The van der Waals surface area contributed by atoms with Crippen LogP contribution in [0.2, 0.25) is 0 Å². The zero-order chi connectivity index (χ0) is 9.42. The molecule has 2 N–H and O–H groups in total. The second-order valence-electron chi connectivity index (χ2n) is 4.07. The SMILES string of the molecule is Cc1cc2c(cn1)[C@@H](N)[C@@H](C)CC2. The Hall–Kier alpha value is -0.890. The maximum absolute atomic E-state index is 6.10. The Balaban J connectivity index is 2.44. The van der Waals surface area contributed by atoms with E-state index in [1.54, 1.807) is 0 Å². The van der Waals surface area contributed by atoms with Gasteiger partial charge >= 0.3 is 0 Å². The van der Waals surface area contributed by atoms with E-state index in [1.807, 2.05) is 13.1 Å². The second kappa shape index (κ2) is 3.11. The monoisotopic (exact) mass is 176 g/mol. The van der Waals surface area contributed by atoms with Crippen LogP contribution < -0.4 is 5.73 Å². The molecule has 2 atom stereocenters. The number of pyridine rings is 1. The molecule has 2 heteroatoms. The van der Waals surface area contributed by atoms with Crippen LogP contribution in [0.15, 0.2) is 12.3 Å². The molecular weight excluding hydrogens is 160 g/mol. The molecular formula is C11H16N2. The first-order valence-electron chi connectivity index (χ1n) is 4.89. The summed E-state index contributed by atoms with van der Waals surface area (Å²) in [6.45, 7) is 4.25. The van der Waals surface area contributed by atoms with E-state index in [-0.39, 0.29) is 6.04 Å². The van der Waals surface area contributed by atoms with E-state index >= 15 is 0 Å². The van der Waals surface area contributed by atoms with Crippen LogP contribution in [0.5, 0.6) is 0 Å². The molecule has 0 aromatic carbocycles. The van der Waals surface area contributed by atoms with Crippen molar-refractivity contribution in [2.45, 2.75) is 32.7 Å². The van der Waals surface area contributed by atoms with E-state index in [9.17, 15) is 0 Å². The zero-order valence-electron chi connectivity index (χ0n) is 8.25. The zero-order valence-corrected chi connectivity index (χ0v) is 8.25. The molecule has 2 rings (SSSR count). The molecule has 0 unspecified atom stereocenters. The van der Waals surface area contributed by atoms with Crippen LogP contribution in [0.25, 0.3) is 0 Å². The van der Waals surface area contributed by atoms with Crippen LogP contribution in [0, 0.1) is 12.8 Å². The van der Waals surface area contributed by atoms with Gasteiger partial charge in [0.25, 0.3) is 0 Å². The number of aryl methyl sites for hydroxylation is 2. The van der Waals surface area contributed by atoms with Crippen LogP contribution in [0.4, 0.5) is 0 Å². The molecule has 0 fully saturated rings. The van der Waals surface area contributed by atoms with Gasteiger partial charge in [-0.15, -0.1) is 0 Å². The third-order valence-corrected chi connectivity index (χ3v) is 3.00. The van der Waals surface area contributed by atoms with E-state index in [2.05, 4.69) is 18.0 Å². The Kier molecular flexibility index (Phi) is 2.08. The maximum atomic E-state index is 6.10. The Morgan fingerprint density at radius 1 is 1.54 bits per heavy atom. The highest BCUT2D eigenvalue weighted by molar-refractivity contribution is 5.31. The Bertz CT molecular complexity index is 320. The van der Waals surface area contributed by atoms with E-state index in [0.717, 1.165) is 12.1 Å². The molecule has 0 aliphatic heterocycles. The summed E-state index contributed by atoms with van der Waals surface area (Å²) in [4.78, 5) is 4.30. The van der Waals surface area contributed by atoms with Crippen LogP contribution in [0.1, 0.15) is 36.2 Å². The van der Waals surface area contributed by atoms with E-state index in [0.29, 0.717) is 5.92 Å². The first-order valence-corrected chi connectivity index (χ1v) is 4.89. The molecule has 0 amide bonds. The lowest BCUT2D eigenvalue weighted by atomic mass is 9.82. The van der Waals surface area contributed by atoms with Crippen molar-refractivity contribution in [2.24, 2.45) is 11.7 Å². The van der Waals surface area contributed by atoms with Crippen molar-refractivity contribution in [3.05, 3.63) is 29.1 Å². The third kappa shape index (κ3) is 1.46. The molecule has 0 saturated carbocycles. The molecule has 1 heterocycles. The van der Waals surface area contributed by atoms with Crippen molar-refractivity contribution in [3.63, 3.8) is 0 Å². The van der Waals surface area contributed by atoms with Gasteiger partial charge in [0.1, 0.15) is 0 Å². The number of nitrogens with zero attached hydrogens (tertiary/aromatic N) is 1. The van der Waals surface area contributed by atoms with Gasteiger partial charge in [-0.2, -0.15) is 0 Å². The summed E-state index contributed by atoms with van der Waals surface area (Å²) in [5.41, 5.74) is 9.85. The number of fused-ring (bicyclic) bond motifs is 1. The predicted octanol–water partition coefficient (Wildman–Crippen LogP) is 1.97. The van der Waals surface area contributed by atoms with Gasteiger partial charge in [-0.3, -0.25) is 4.98 Å². The second-order valence-corrected chi connectivity index (χ2v) is 4.07. The first kappa shape index (κ1) is 8.70. The van der Waals surface area contributed by atoms with Crippen molar-refractivity contribution < 1.29 is 0 Å². The first-order chi connectivity index (χ1) is 6.18. The van der Waals surface area contributed by atoms with Crippen molar-refractivity contribution in [3.8, 4) is 0 Å². The summed E-state index contributed by atoms with van der Waals surface area (Å²) in [5.74, 6) is 0.594. The Morgan fingerprint density at radius 3 is 3.08 bits per heavy atom. The fourth-order valence-electron chi connectivity index (χ4n) is 2.01. The molecule has 1 aromatic rings. The van der Waals surface area contributed by atoms with Gasteiger partial charge in [0.15, 0.2) is 0 Å². The third-order valence-electron chi connectivity index (χ3n) is 3.00. The topological polar surface area (TPSA) is 38.9 Å². The summed E-state index contributed by atoms with van der Waals surface area (Å²) in [6.07, 6.45) is 4.32. The molecule has 0 spiro atoms. The highest BCUT2D eigenvalue weighted by atomic mass is 14.7. The van der Waals surface area contributed by atoms with Gasteiger partial charge in [-0.05, 0) is 42.9 Å². The average molecular weight is 176 g/mol. The van der Waals surface area contributed by atoms with Gasteiger partial charge in [-0.25, -0.2) is 0 Å². The molecule has 1 aliphatic rings. The summed E-state index contributed by atoms with van der Waals surface area (Å²) in [5, 5.41) is 0. The highest BCUT2D eigenvalue weighted by Gasteiger charge is 2.23. The van der Waals surface area contributed by atoms with E-state index in [4.69, 9.17) is 5.73 Å². The van der Waals surface area contributed by atoms with Gasteiger partial charge in [0.05, 0.1) is 0 Å². The minimum absolute atomic E-state index is 0.192. The highest BCUT2D eigenvalue weighted by Crippen LogP contribution is 2.31. The Labute approximate surface area is 79.2 Å². The van der Waals surface area contributed by atoms with Gasteiger partial charge in [-0.1, -0.05) is 6.92 Å². The van der Waals surface area contributed by atoms with Gasteiger partial charge < -0.3 is 5.73 Å². The fourth-order valence-corrected chi connectivity index (χ4v) is 2.01. The quantitative estimate of drug-likeness (QED) is 0.656.